The van der Waals surface area contributed by atoms with E-state index in [1.54, 1.807) is 18.2 Å². The number of ether oxygens (including phenoxy) is 2. The highest BCUT2D eigenvalue weighted by molar-refractivity contribution is 7.92. The third kappa shape index (κ3) is 4.80. The quantitative estimate of drug-likeness (QED) is 0.569. The number of rotatable bonds is 7. The second-order valence-corrected chi connectivity index (χ2v) is 8.57. The first-order valence-electron chi connectivity index (χ1n) is 9.48. The molecule has 0 aliphatic carbocycles. The number of aryl methyl sites for hydroxylation is 2. The van der Waals surface area contributed by atoms with Crippen molar-refractivity contribution in [2.45, 2.75) is 18.7 Å². The molecule has 1 amide bonds. The maximum atomic E-state index is 12.8. The van der Waals surface area contributed by atoms with E-state index in [1.807, 2.05) is 32.0 Å². The van der Waals surface area contributed by atoms with Crippen LogP contribution in [0.2, 0.25) is 0 Å². The van der Waals surface area contributed by atoms with Gasteiger partial charge in [0.15, 0.2) is 0 Å². The number of para-hydroxylation sites is 1. The largest absolute Gasteiger partial charge is 0.496 e. The van der Waals surface area contributed by atoms with Gasteiger partial charge in [-0.1, -0.05) is 24.3 Å². The summed E-state index contributed by atoms with van der Waals surface area (Å²) in [6, 6.07) is 16.5. The molecule has 0 aromatic heterocycles. The van der Waals surface area contributed by atoms with Gasteiger partial charge in [-0.05, 0) is 61.4 Å². The van der Waals surface area contributed by atoms with Crippen molar-refractivity contribution in [1.82, 2.24) is 0 Å². The Morgan fingerprint density at radius 3 is 1.84 bits per heavy atom. The third-order valence-electron chi connectivity index (χ3n) is 4.79. The zero-order valence-corrected chi connectivity index (χ0v) is 18.5. The Morgan fingerprint density at radius 2 is 1.32 bits per heavy atom. The molecule has 3 aromatic carbocycles. The van der Waals surface area contributed by atoms with Crippen LogP contribution < -0.4 is 19.5 Å². The molecule has 3 rings (SSSR count). The molecular weight excluding hydrogens is 416 g/mol. The lowest BCUT2D eigenvalue weighted by Gasteiger charge is -2.14. The number of carbonyl (C=O) groups is 1. The fourth-order valence-electron chi connectivity index (χ4n) is 3.15. The summed E-state index contributed by atoms with van der Waals surface area (Å²) in [7, 11) is -0.846. The molecular formula is C23H24N2O5S. The second kappa shape index (κ2) is 9.09. The van der Waals surface area contributed by atoms with E-state index in [1.165, 1.54) is 38.5 Å². The van der Waals surface area contributed by atoms with Crippen LogP contribution in [-0.2, 0) is 10.0 Å². The lowest BCUT2D eigenvalue weighted by molar-refractivity contribution is 0.102. The number of benzene rings is 3. The molecule has 162 valence electrons. The number of hydrogen-bond acceptors (Lipinski definition) is 5. The molecule has 0 heterocycles. The first-order chi connectivity index (χ1) is 14.8. The molecule has 7 nitrogen and oxygen atoms in total. The summed E-state index contributed by atoms with van der Waals surface area (Å²) in [5, 5.41) is 2.74. The lowest BCUT2D eigenvalue weighted by Crippen LogP contribution is -2.16. The van der Waals surface area contributed by atoms with Crippen LogP contribution in [-0.4, -0.2) is 28.5 Å². The van der Waals surface area contributed by atoms with Gasteiger partial charge in [-0.2, -0.15) is 0 Å². The molecule has 0 atom stereocenters. The van der Waals surface area contributed by atoms with E-state index in [9.17, 15) is 13.2 Å². The van der Waals surface area contributed by atoms with Gasteiger partial charge in [-0.15, -0.1) is 0 Å². The standard InChI is InChI=1S/C23H24N2O5S/c1-15-7-5-8-16(2)22(15)25-31(27,28)18-13-11-17(12-14-18)24-23(26)21-19(29-3)9-6-10-20(21)30-4/h5-14,25H,1-4H3,(H,24,26). The molecule has 0 radical (unpaired) electrons. The van der Waals surface area contributed by atoms with Crippen LogP contribution in [0.3, 0.4) is 0 Å². The van der Waals surface area contributed by atoms with Gasteiger partial charge in [0.1, 0.15) is 17.1 Å². The summed E-state index contributed by atoms with van der Waals surface area (Å²) in [5.74, 6) is 0.307. The molecule has 0 bridgehead atoms. The Morgan fingerprint density at radius 1 is 0.806 bits per heavy atom. The summed E-state index contributed by atoms with van der Waals surface area (Å²) in [5.41, 5.74) is 2.91. The molecule has 3 aromatic rings. The summed E-state index contributed by atoms with van der Waals surface area (Å²) in [6.07, 6.45) is 0. The van der Waals surface area contributed by atoms with E-state index in [2.05, 4.69) is 10.0 Å². The second-order valence-electron chi connectivity index (χ2n) is 6.89. The molecule has 0 saturated heterocycles. The molecule has 0 aliphatic heterocycles. The zero-order chi connectivity index (χ0) is 22.6. The van der Waals surface area contributed by atoms with Gasteiger partial charge in [-0.3, -0.25) is 9.52 Å². The highest BCUT2D eigenvalue weighted by atomic mass is 32.2. The van der Waals surface area contributed by atoms with E-state index in [0.717, 1.165) is 11.1 Å². The van der Waals surface area contributed by atoms with Crippen molar-refractivity contribution in [3.05, 3.63) is 77.4 Å². The number of methoxy groups -OCH3 is 2. The highest BCUT2D eigenvalue weighted by Crippen LogP contribution is 2.29. The Kier molecular flexibility index (Phi) is 6.50. The lowest BCUT2D eigenvalue weighted by atomic mass is 10.1. The van der Waals surface area contributed by atoms with Crippen molar-refractivity contribution in [1.29, 1.82) is 0 Å². The van der Waals surface area contributed by atoms with Gasteiger partial charge in [0.05, 0.1) is 24.8 Å². The Balaban J connectivity index is 1.82. The monoisotopic (exact) mass is 440 g/mol. The zero-order valence-electron chi connectivity index (χ0n) is 17.7. The smallest absolute Gasteiger partial charge is 0.263 e. The van der Waals surface area contributed by atoms with E-state index < -0.39 is 15.9 Å². The molecule has 0 unspecified atom stereocenters. The van der Waals surface area contributed by atoms with Crippen LogP contribution in [0.1, 0.15) is 21.5 Å². The number of nitrogens with one attached hydrogen (secondary N) is 2. The predicted molar refractivity (Wildman–Crippen MR) is 121 cm³/mol. The minimum atomic E-state index is -3.78. The van der Waals surface area contributed by atoms with Crippen LogP contribution >= 0.6 is 0 Å². The summed E-state index contributed by atoms with van der Waals surface area (Å²) < 4.78 is 38.7. The number of sulfonamides is 1. The van der Waals surface area contributed by atoms with Crippen LogP contribution in [0.25, 0.3) is 0 Å². The number of amides is 1. The summed E-state index contributed by atoms with van der Waals surface area (Å²) in [4.78, 5) is 12.9. The third-order valence-corrected chi connectivity index (χ3v) is 6.16. The number of anilines is 2. The van der Waals surface area contributed by atoms with Crippen LogP contribution in [0.5, 0.6) is 11.5 Å². The van der Waals surface area contributed by atoms with E-state index in [4.69, 9.17) is 9.47 Å². The van der Waals surface area contributed by atoms with Crippen molar-refractivity contribution in [2.24, 2.45) is 0 Å². The van der Waals surface area contributed by atoms with Crippen molar-refractivity contribution in [3.63, 3.8) is 0 Å². The molecule has 0 spiro atoms. The van der Waals surface area contributed by atoms with Crippen molar-refractivity contribution >= 4 is 27.3 Å². The number of hydrogen-bond donors (Lipinski definition) is 2. The number of carbonyl (C=O) groups excluding carboxylic acids is 1. The average molecular weight is 441 g/mol. The Hall–Kier alpha value is -3.52. The molecule has 31 heavy (non-hydrogen) atoms. The molecule has 0 aliphatic rings. The van der Waals surface area contributed by atoms with Crippen LogP contribution in [0.15, 0.2) is 65.6 Å². The SMILES string of the molecule is COc1cccc(OC)c1C(=O)Nc1ccc(S(=O)(=O)Nc2c(C)cccc2C)cc1. The fraction of sp³-hybridized carbons (Fsp3) is 0.174. The van der Waals surface area contributed by atoms with Gasteiger partial charge in [-0.25, -0.2) is 8.42 Å². The summed E-state index contributed by atoms with van der Waals surface area (Å²) >= 11 is 0. The average Bonchev–Trinajstić information content (AvgIpc) is 2.76. The van der Waals surface area contributed by atoms with Gasteiger partial charge in [0, 0.05) is 5.69 Å². The van der Waals surface area contributed by atoms with Gasteiger partial charge in [0.25, 0.3) is 15.9 Å². The maximum absolute atomic E-state index is 12.8. The minimum Gasteiger partial charge on any atom is -0.496 e. The molecule has 0 saturated carbocycles. The summed E-state index contributed by atoms with van der Waals surface area (Å²) in [6.45, 7) is 3.69. The van der Waals surface area contributed by atoms with Gasteiger partial charge < -0.3 is 14.8 Å². The first-order valence-corrected chi connectivity index (χ1v) is 11.0. The topological polar surface area (TPSA) is 93.7 Å². The fourth-order valence-corrected chi connectivity index (χ4v) is 4.36. The van der Waals surface area contributed by atoms with Crippen molar-refractivity contribution in [3.8, 4) is 11.5 Å². The van der Waals surface area contributed by atoms with E-state index >= 15 is 0 Å². The molecule has 8 heteroatoms. The van der Waals surface area contributed by atoms with Crippen LogP contribution in [0.4, 0.5) is 11.4 Å². The van der Waals surface area contributed by atoms with Crippen molar-refractivity contribution in [2.75, 3.05) is 24.3 Å². The normalized spacial score (nSPS) is 11.0. The van der Waals surface area contributed by atoms with E-state index in [0.29, 0.717) is 22.9 Å². The predicted octanol–water partition coefficient (Wildman–Crippen LogP) is 4.37. The first kappa shape index (κ1) is 22.2. The molecule has 0 fully saturated rings. The maximum Gasteiger partial charge on any atom is 0.263 e. The molecule has 2 N–H and O–H groups in total. The Bertz CT molecular complexity index is 1160. The Labute approximate surface area is 182 Å². The van der Waals surface area contributed by atoms with Crippen molar-refractivity contribution < 1.29 is 22.7 Å². The van der Waals surface area contributed by atoms with Crippen LogP contribution in [0, 0.1) is 13.8 Å². The highest BCUT2D eigenvalue weighted by Gasteiger charge is 2.20. The minimum absolute atomic E-state index is 0.0861. The van der Waals surface area contributed by atoms with Gasteiger partial charge >= 0.3 is 0 Å². The van der Waals surface area contributed by atoms with Gasteiger partial charge in [0.2, 0.25) is 0 Å². The van der Waals surface area contributed by atoms with E-state index in [-0.39, 0.29) is 10.5 Å².